The number of nitrogens with zero attached hydrogens (tertiary/aromatic N) is 2. The summed E-state index contributed by atoms with van der Waals surface area (Å²) in [6.07, 6.45) is 5.48. The lowest BCUT2D eigenvalue weighted by molar-refractivity contribution is 0.0533. The van der Waals surface area contributed by atoms with Crippen molar-refractivity contribution in [1.82, 2.24) is 9.97 Å². The van der Waals surface area contributed by atoms with Crippen LogP contribution >= 0.6 is 0 Å². The van der Waals surface area contributed by atoms with Gasteiger partial charge in [-0.15, -0.1) is 0 Å². The maximum Gasteiger partial charge on any atom is 0.225 e. The lowest BCUT2D eigenvalue weighted by Crippen LogP contribution is -2.34. The Morgan fingerprint density at radius 2 is 2.17 bits per heavy atom. The molecule has 0 saturated heterocycles. The van der Waals surface area contributed by atoms with Crippen LogP contribution in [0.5, 0.6) is 5.88 Å². The molecule has 1 aliphatic carbocycles. The van der Waals surface area contributed by atoms with Crippen LogP contribution in [0.1, 0.15) is 40.0 Å². The van der Waals surface area contributed by atoms with Gasteiger partial charge in [-0.25, -0.2) is 4.98 Å². The summed E-state index contributed by atoms with van der Waals surface area (Å²) in [5.41, 5.74) is 0.362. The van der Waals surface area contributed by atoms with Gasteiger partial charge in [0.05, 0.1) is 0 Å². The van der Waals surface area contributed by atoms with Gasteiger partial charge in [0.2, 0.25) is 11.8 Å². The van der Waals surface area contributed by atoms with Crippen molar-refractivity contribution in [2.75, 3.05) is 12.4 Å². The summed E-state index contributed by atoms with van der Waals surface area (Å²) in [7, 11) is 1.81. The predicted molar refractivity (Wildman–Crippen MR) is 72.8 cm³/mol. The molecule has 0 bridgehead atoms. The van der Waals surface area contributed by atoms with E-state index in [0.29, 0.717) is 23.2 Å². The third-order valence-corrected chi connectivity index (χ3v) is 3.49. The van der Waals surface area contributed by atoms with Crippen LogP contribution in [0, 0.1) is 11.3 Å². The van der Waals surface area contributed by atoms with Gasteiger partial charge in [-0.05, 0) is 30.6 Å². The molecule has 1 N–H and O–H groups in total. The summed E-state index contributed by atoms with van der Waals surface area (Å²) in [5.74, 6) is 1.99. The van der Waals surface area contributed by atoms with Crippen molar-refractivity contribution < 1.29 is 4.74 Å². The van der Waals surface area contributed by atoms with Crippen molar-refractivity contribution in [2.45, 2.75) is 46.1 Å². The first-order valence-electron chi connectivity index (χ1n) is 6.66. The first-order chi connectivity index (χ1) is 8.48. The molecule has 0 radical (unpaired) electrons. The minimum absolute atomic E-state index is 0.267. The summed E-state index contributed by atoms with van der Waals surface area (Å²) in [6, 6.07) is 1.83. The molecule has 1 aromatic heterocycles. The van der Waals surface area contributed by atoms with E-state index in [4.69, 9.17) is 4.74 Å². The van der Waals surface area contributed by atoms with Crippen LogP contribution in [-0.4, -0.2) is 23.1 Å². The zero-order chi connectivity index (χ0) is 13.2. The van der Waals surface area contributed by atoms with E-state index >= 15 is 0 Å². The van der Waals surface area contributed by atoms with E-state index in [0.717, 1.165) is 12.8 Å². The van der Waals surface area contributed by atoms with Crippen molar-refractivity contribution in [3.63, 3.8) is 0 Å². The first kappa shape index (κ1) is 13.1. The van der Waals surface area contributed by atoms with Gasteiger partial charge in [-0.2, -0.15) is 4.98 Å². The van der Waals surface area contributed by atoms with Gasteiger partial charge in [0.25, 0.3) is 0 Å². The maximum absolute atomic E-state index is 6.01. The first-order valence-corrected chi connectivity index (χ1v) is 6.66. The van der Waals surface area contributed by atoms with Gasteiger partial charge in [-0.1, -0.05) is 20.8 Å². The Bertz CT molecular complexity index is 406. The topological polar surface area (TPSA) is 47.0 Å². The van der Waals surface area contributed by atoms with E-state index < -0.39 is 0 Å². The largest absolute Gasteiger partial charge is 0.474 e. The molecule has 0 amide bonds. The van der Waals surface area contributed by atoms with E-state index in [1.54, 1.807) is 6.20 Å². The van der Waals surface area contributed by atoms with Gasteiger partial charge >= 0.3 is 0 Å². The Kier molecular flexibility index (Phi) is 3.73. The Balaban J connectivity index is 2.04. The molecular formula is C14H23N3O. The molecule has 100 valence electrons. The fraction of sp³-hybridized carbons (Fsp3) is 0.714. The zero-order valence-electron chi connectivity index (χ0n) is 11.7. The Morgan fingerprint density at radius 3 is 2.83 bits per heavy atom. The number of nitrogens with one attached hydrogen (secondary N) is 1. The van der Waals surface area contributed by atoms with E-state index in [-0.39, 0.29) is 6.10 Å². The van der Waals surface area contributed by atoms with Gasteiger partial charge < -0.3 is 10.1 Å². The number of rotatable bonds is 3. The quantitative estimate of drug-likeness (QED) is 0.894. The van der Waals surface area contributed by atoms with Crippen LogP contribution in [0.2, 0.25) is 0 Å². The highest BCUT2D eigenvalue weighted by Crippen LogP contribution is 2.39. The van der Waals surface area contributed by atoms with E-state index in [1.807, 2.05) is 13.1 Å². The van der Waals surface area contributed by atoms with Crippen LogP contribution in [0.3, 0.4) is 0 Å². The van der Waals surface area contributed by atoms with Crippen LogP contribution in [0.25, 0.3) is 0 Å². The fourth-order valence-corrected chi connectivity index (χ4v) is 3.05. The van der Waals surface area contributed by atoms with Crippen molar-refractivity contribution >= 4 is 5.95 Å². The minimum atomic E-state index is 0.267. The molecule has 1 aliphatic rings. The summed E-state index contributed by atoms with van der Waals surface area (Å²) in [5, 5.41) is 2.93. The Morgan fingerprint density at radius 1 is 1.39 bits per heavy atom. The third kappa shape index (κ3) is 3.34. The van der Waals surface area contributed by atoms with E-state index in [1.165, 1.54) is 6.42 Å². The summed E-state index contributed by atoms with van der Waals surface area (Å²) >= 11 is 0. The molecule has 18 heavy (non-hydrogen) atoms. The van der Waals surface area contributed by atoms with E-state index in [9.17, 15) is 0 Å². The molecule has 2 atom stereocenters. The molecule has 2 unspecified atom stereocenters. The molecule has 1 aromatic rings. The fourth-order valence-electron chi connectivity index (χ4n) is 3.05. The normalized spacial score (nSPS) is 26.7. The molecule has 0 aromatic carbocycles. The SMILES string of the molecule is CNc1nccc(OC2CC(C)CC(C)(C)C2)n1. The molecule has 0 aliphatic heterocycles. The molecule has 4 heteroatoms. The van der Waals surface area contributed by atoms with Gasteiger partial charge in [0.1, 0.15) is 6.10 Å². The van der Waals surface area contributed by atoms with Crippen molar-refractivity contribution in [1.29, 1.82) is 0 Å². The molecule has 2 rings (SSSR count). The minimum Gasteiger partial charge on any atom is -0.474 e. The van der Waals surface area contributed by atoms with Crippen LogP contribution in [0.15, 0.2) is 12.3 Å². The molecule has 1 saturated carbocycles. The predicted octanol–water partition coefficient (Wildman–Crippen LogP) is 3.11. The molecule has 0 spiro atoms. The highest BCUT2D eigenvalue weighted by atomic mass is 16.5. The number of anilines is 1. The number of hydrogen-bond donors (Lipinski definition) is 1. The van der Waals surface area contributed by atoms with Crippen molar-refractivity contribution in [3.05, 3.63) is 12.3 Å². The Hall–Kier alpha value is -1.32. The maximum atomic E-state index is 6.01. The second-order valence-corrected chi connectivity index (χ2v) is 6.12. The molecular weight excluding hydrogens is 226 g/mol. The number of aromatic nitrogens is 2. The zero-order valence-corrected chi connectivity index (χ0v) is 11.7. The van der Waals surface area contributed by atoms with Crippen LogP contribution in [0.4, 0.5) is 5.95 Å². The Labute approximate surface area is 109 Å². The molecule has 1 heterocycles. The lowest BCUT2D eigenvalue weighted by Gasteiger charge is -2.38. The lowest BCUT2D eigenvalue weighted by atomic mass is 9.71. The smallest absolute Gasteiger partial charge is 0.225 e. The summed E-state index contributed by atoms with van der Waals surface area (Å²) in [4.78, 5) is 8.41. The number of ether oxygens (including phenoxy) is 1. The standard InChI is InChI=1S/C14H23N3O/c1-10-7-11(9-14(2,3)8-10)18-12-5-6-16-13(15-4)17-12/h5-6,10-11H,7-9H2,1-4H3,(H,15,16,17). The van der Waals surface area contributed by atoms with Gasteiger partial charge in [-0.3, -0.25) is 0 Å². The van der Waals surface area contributed by atoms with E-state index in [2.05, 4.69) is 36.1 Å². The highest BCUT2D eigenvalue weighted by Gasteiger charge is 2.33. The average Bonchev–Trinajstić information content (AvgIpc) is 2.26. The third-order valence-electron chi connectivity index (χ3n) is 3.49. The van der Waals surface area contributed by atoms with Gasteiger partial charge in [0.15, 0.2) is 0 Å². The summed E-state index contributed by atoms with van der Waals surface area (Å²) < 4.78 is 6.01. The van der Waals surface area contributed by atoms with Gasteiger partial charge in [0, 0.05) is 19.3 Å². The van der Waals surface area contributed by atoms with Crippen molar-refractivity contribution in [3.8, 4) is 5.88 Å². The second-order valence-electron chi connectivity index (χ2n) is 6.12. The number of hydrogen-bond acceptors (Lipinski definition) is 4. The van der Waals surface area contributed by atoms with Crippen LogP contribution < -0.4 is 10.1 Å². The summed E-state index contributed by atoms with van der Waals surface area (Å²) in [6.45, 7) is 6.94. The molecule has 1 fully saturated rings. The monoisotopic (exact) mass is 249 g/mol. The van der Waals surface area contributed by atoms with Crippen molar-refractivity contribution in [2.24, 2.45) is 11.3 Å². The second kappa shape index (κ2) is 5.12. The average molecular weight is 249 g/mol. The van der Waals surface area contributed by atoms with Crippen LogP contribution in [-0.2, 0) is 0 Å². The molecule has 4 nitrogen and oxygen atoms in total. The highest BCUT2D eigenvalue weighted by molar-refractivity contribution is 5.26.